The van der Waals surface area contributed by atoms with E-state index in [4.69, 9.17) is 5.26 Å². The van der Waals surface area contributed by atoms with E-state index in [9.17, 15) is 0 Å². The average Bonchev–Trinajstić information content (AvgIpc) is 3.02. The minimum absolute atomic E-state index is 0.702. The van der Waals surface area contributed by atoms with Crippen molar-refractivity contribution >= 4 is 33.1 Å². The maximum atomic E-state index is 8.91. The van der Waals surface area contributed by atoms with Crippen LogP contribution in [0.2, 0.25) is 0 Å². The molecule has 1 fully saturated rings. The Bertz CT molecular complexity index is 901. The Labute approximate surface area is 144 Å². The second-order valence-corrected chi connectivity index (χ2v) is 7.14. The standard InChI is InChI=1S/C18H17N5S/c1-13-10-16-17(20-12-21-18(16)24-13)23-8-6-22(7-9-23)15-4-2-14(11-19)3-5-15/h2-5,10,12H,6-9H2,1H3. The van der Waals surface area contributed by atoms with Crippen LogP contribution in [-0.4, -0.2) is 36.1 Å². The summed E-state index contributed by atoms with van der Waals surface area (Å²) in [7, 11) is 0. The molecule has 0 atom stereocenters. The molecular formula is C18H17N5S. The molecule has 0 amide bonds. The number of thiophene rings is 1. The topological polar surface area (TPSA) is 56.0 Å². The lowest BCUT2D eigenvalue weighted by Gasteiger charge is -2.36. The zero-order valence-electron chi connectivity index (χ0n) is 13.4. The normalized spacial score (nSPS) is 14.8. The number of rotatable bonds is 2. The third-order valence-electron chi connectivity index (χ3n) is 4.37. The molecule has 1 aromatic carbocycles. The van der Waals surface area contributed by atoms with Gasteiger partial charge in [0.2, 0.25) is 0 Å². The molecule has 0 N–H and O–H groups in total. The number of aryl methyl sites for hydroxylation is 1. The van der Waals surface area contributed by atoms with Gasteiger partial charge < -0.3 is 9.80 Å². The second kappa shape index (κ2) is 6.10. The van der Waals surface area contributed by atoms with Gasteiger partial charge in [0.1, 0.15) is 17.0 Å². The van der Waals surface area contributed by atoms with Crippen molar-refractivity contribution in [3.63, 3.8) is 0 Å². The van der Waals surface area contributed by atoms with E-state index in [1.807, 2.05) is 24.3 Å². The summed E-state index contributed by atoms with van der Waals surface area (Å²) in [6.45, 7) is 5.86. The fourth-order valence-electron chi connectivity index (χ4n) is 3.14. The van der Waals surface area contributed by atoms with Gasteiger partial charge in [-0.2, -0.15) is 5.26 Å². The Morgan fingerprint density at radius 2 is 1.75 bits per heavy atom. The highest BCUT2D eigenvalue weighted by atomic mass is 32.1. The van der Waals surface area contributed by atoms with E-state index in [-0.39, 0.29) is 0 Å². The molecule has 2 aromatic heterocycles. The highest BCUT2D eigenvalue weighted by Crippen LogP contribution is 2.30. The summed E-state index contributed by atoms with van der Waals surface area (Å²) in [5.41, 5.74) is 1.88. The number of hydrogen-bond acceptors (Lipinski definition) is 6. The summed E-state index contributed by atoms with van der Waals surface area (Å²) in [5, 5.41) is 10.1. The van der Waals surface area contributed by atoms with E-state index >= 15 is 0 Å². The largest absolute Gasteiger partial charge is 0.368 e. The molecule has 3 heterocycles. The maximum Gasteiger partial charge on any atom is 0.140 e. The van der Waals surface area contributed by atoms with Crippen molar-refractivity contribution in [3.8, 4) is 6.07 Å². The van der Waals surface area contributed by atoms with Gasteiger partial charge in [-0.3, -0.25) is 0 Å². The molecule has 0 spiro atoms. The Balaban J connectivity index is 1.52. The summed E-state index contributed by atoms with van der Waals surface area (Å²) in [4.78, 5) is 15.9. The first-order valence-electron chi connectivity index (χ1n) is 7.96. The Hall–Kier alpha value is -2.65. The average molecular weight is 335 g/mol. The van der Waals surface area contributed by atoms with Gasteiger partial charge in [-0.1, -0.05) is 0 Å². The molecule has 0 radical (unpaired) electrons. The van der Waals surface area contributed by atoms with Gasteiger partial charge in [-0.05, 0) is 37.3 Å². The third-order valence-corrected chi connectivity index (χ3v) is 5.33. The van der Waals surface area contributed by atoms with Gasteiger partial charge in [0, 0.05) is 36.7 Å². The fraction of sp³-hybridized carbons (Fsp3) is 0.278. The van der Waals surface area contributed by atoms with Crippen LogP contribution in [0, 0.1) is 18.3 Å². The van der Waals surface area contributed by atoms with E-state index in [2.05, 4.69) is 38.8 Å². The van der Waals surface area contributed by atoms with Crippen molar-refractivity contribution in [3.05, 3.63) is 47.1 Å². The van der Waals surface area contributed by atoms with Crippen LogP contribution in [-0.2, 0) is 0 Å². The van der Waals surface area contributed by atoms with Crippen LogP contribution < -0.4 is 9.80 Å². The van der Waals surface area contributed by atoms with E-state index in [0.717, 1.165) is 42.2 Å². The van der Waals surface area contributed by atoms with Crippen molar-refractivity contribution in [2.24, 2.45) is 0 Å². The van der Waals surface area contributed by atoms with Gasteiger partial charge in [0.05, 0.1) is 17.0 Å². The van der Waals surface area contributed by atoms with Crippen LogP contribution in [0.15, 0.2) is 36.7 Å². The minimum atomic E-state index is 0.702. The number of aromatic nitrogens is 2. The lowest BCUT2D eigenvalue weighted by Crippen LogP contribution is -2.46. The van der Waals surface area contributed by atoms with E-state index in [1.54, 1.807) is 17.7 Å². The number of piperazine rings is 1. The van der Waals surface area contributed by atoms with Crippen LogP contribution in [0.25, 0.3) is 10.2 Å². The predicted molar refractivity (Wildman–Crippen MR) is 97.7 cm³/mol. The van der Waals surface area contributed by atoms with Gasteiger partial charge in [0.25, 0.3) is 0 Å². The zero-order valence-corrected chi connectivity index (χ0v) is 14.3. The summed E-state index contributed by atoms with van der Waals surface area (Å²) in [6.07, 6.45) is 1.67. The molecular weight excluding hydrogens is 318 g/mol. The maximum absolute atomic E-state index is 8.91. The SMILES string of the molecule is Cc1cc2c(N3CCN(c4ccc(C#N)cc4)CC3)ncnc2s1. The molecule has 5 nitrogen and oxygen atoms in total. The molecule has 4 rings (SSSR count). The van der Waals surface area contributed by atoms with Crippen molar-refractivity contribution in [1.82, 2.24) is 9.97 Å². The molecule has 0 unspecified atom stereocenters. The van der Waals surface area contributed by atoms with Crippen LogP contribution in [0.4, 0.5) is 11.5 Å². The third kappa shape index (κ3) is 2.68. The zero-order chi connectivity index (χ0) is 16.5. The summed E-state index contributed by atoms with van der Waals surface area (Å²) in [6, 6.07) is 12.2. The van der Waals surface area contributed by atoms with Gasteiger partial charge in [0.15, 0.2) is 0 Å². The number of fused-ring (bicyclic) bond motifs is 1. The van der Waals surface area contributed by atoms with E-state index in [0.29, 0.717) is 5.56 Å². The molecule has 24 heavy (non-hydrogen) atoms. The monoisotopic (exact) mass is 335 g/mol. The summed E-state index contributed by atoms with van der Waals surface area (Å²) in [5.74, 6) is 1.05. The van der Waals surface area contributed by atoms with Crippen molar-refractivity contribution in [2.75, 3.05) is 36.0 Å². The molecule has 1 aliphatic heterocycles. The lowest BCUT2D eigenvalue weighted by atomic mass is 10.2. The molecule has 6 heteroatoms. The van der Waals surface area contributed by atoms with Crippen LogP contribution in [0.1, 0.15) is 10.4 Å². The number of benzene rings is 1. The van der Waals surface area contributed by atoms with E-state index < -0.39 is 0 Å². The summed E-state index contributed by atoms with van der Waals surface area (Å²) < 4.78 is 0. The molecule has 0 bridgehead atoms. The molecule has 0 aliphatic carbocycles. The predicted octanol–water partition coefficient (Wildman–Crippen LogP) is 3.20. The quantitative estimate of drug-likeness (QED) is 0.720. The first kappa shape index (κ1) is 14.9. The van der Waals surface area contributed by atoms with Gasteiger partial charge in [-0.25, -0.2) is 9.97 Å². The van der Waals surface area contributed by atoms with Gasteiger partial charge >= 0.3 is 0 Å². The first-order chi connectivity index (χ1) is 11.7. The lowest BCUT2D eigenvalue weighted by molar-refractivity contribution is 0.649. The molecule has 1 saturated heterocycles. The minimum Gasteiger partial charge on any atom is -0.368 e. The molecule has 120 valence electrons. The van der Waals surface area contributed by atoms with Crippen molar-refractivity contribution in [2.45, 2.75) is 6.92 Å². The van der Waals surface area contributed by atoms with Crippen LogP contribution in [0.3, 0.4) is 0 Å². The van der Waals surface area contributed by atoms with Crippen LogP contribution in [0.5, 0.6) is 0 Å². The molecule has 1 aliphatic rings. The molecule has 3 aromatic rings. The van der Waals surface area contributed by atoms with Gasteiger partial charge in [-0.15, -0.1) is 11.3 Å². The first-order valence-corrected chi connectivity index (χ1v) is 8.77. The Morgan fingerprint density at radius 1 is 1.04 bits per heavy atom. The van der Waals surface area contributed by atoms with Crippen molar-refractivity contribution in [1.29, 1.82) is 5.26 Å². The van der Waals surface area contributed by atoms with Crippen molar-refractivity contribution < 1.29 is 0 Å². The number of hydrogen-bond donors (Lipinski definition) is 0. The number of anilines is 2. The Morgan fingerprint density at radius 3 is 2.46 bits per heavy atom. The van der Waals surface area contributed by atoms with E-state index in [1.165, 1.54) is 10.6 Å². The number of nitrogens with zero attached hydrogens (tertiary/aromatic N) is 5. The van der Waals surface area contributed by atoms with Crippen LogP contribution >= 0.6 is 11.3 Å². The smallest absolute Gasteiger partial charge is 0.140 e. The fourth-order valence-corrected chi connectivity index (χ4v) is 3.98. The highest BCUT2D eigenvalue weighted by Gasteiger charge is 2.20. The molecule has 0 saturated carbocycles. The highest BCUT2D eigenvalue weighted by molar-refractivity contribution is 7.18. The second-order valence-electron chi connectivity index (χ2n) is 5.91. The summed E-state index contributed by atoms with van der Waals surface area (Å²) >= 11 is 1.72. The Kier molecular flexibility index (Phi) is 3.79. The number of nitriles is 1.